The maximum atomic E-state index is 6.00. The second kappa shape index (κ2) is 7.72. The molecule has 0 atom stereocenters. The first kappa shape index (κ1) is 14.7. The Morgan fingerprint density at radius 2 is 1.52 bits per heavy atom. The highest BCUT2D eigenvalue weighted by atomic mass is 16.5. The summed E-state index contributed by atoms with van der Waals surface area (Å²) in [6, 6.07) is 8.54. The molecule has 1 aromatic rings. The van der Waals surface area contributed by atoms with E-state index in [-0.39, 0.29) is 0 Å². The van der Waals surface area contributed by atoms with Gasteiger partial charge in [-0.25, -0.2) is 0 Å². The Bertz CT molecular complexity index is 402. The minimum atomic E-state index is 0.454. The van der Waals surface area contributed by atoms with E-state index in [2.05, 4.69) is 29.6 Å². The van der Waals surface area contributed by atoms with Crippen LogP contribution in [0.1, 0.15) is 64.2 Å². The summed E-state index contributed by atoms with van der Waals surface area (Å²) in [5, 5.41) is 3.56. The van der Waals surface area contributed by atoms with Crippen LogP contribution in [0.2, 0.25) is 0 Å². The molecular formula is C19H29NO. The molecule has 2 saturated carbocycles. The highest BCUT2D eigenvalue weighted by molar-refractivity contribution is 5.46. The van der Waals surface area contributed by atoms with Crippen LogP contribution in [-0.4, -0.2) is 12.6 Å². The minimum absolute atomic E-state index is 0.454. The summed E-state index contributed by atoms with van der Waals surface area (Å²) >= 11 is 0. The maximum Gasteiger partial charge on any atom is 0.119 e. The van der Waals surface area contributed by atoms with Crippen molar-refractivity contribution in [2.24, 2.45) is 5.92 Å². The SMILES string of the molecule is c1cc(OC2CCCC2)ccc1NCCC1CCCCC1. The van der Waals surface area contributed by atoms with Crippen molar-refractivity contribution in [3.05, 3.63) is 24.3 Å². The molecular weight excluding hydrogens is 258 g/mol. The number of hydrogen-bond donors (Lipinski definition) is 1. The van der Waals surface area contributed by atoms with Gasteiger partial charge in [-0.1, -0.05) is 32.1 Å². The van der Waals surface area contributed by atoms with E-state index < -0.39 is 0 Å². The smallest absolute Gasteiger partial charge is 0.119 e. The van der Waals surface area contributed by atoms with Crippen LogP contribution >= 0.6 is 0 Å². The number of nitrogens with one attached hydrogen (secondary N) is 1. The average Bonchev–Trinajstić information content (AvgIpc) is 3.03. The molecule has 2 nitrogen and oxygen atoms in total. The van der Waals surface area contributed by atoms with E-state index in [1.165, 1.54) is 69.9 Å². The monoisotopic (exact) mass is 287 g/mol. The molecule has 1 N–H and O–H groups in total. The van der Waals surface area contributed by atoms with Gasteiger partial charge in [-0.3, -0.25) is 0 Å². The number of hydrogen-bond acceptors (Lipinski definition) is 2. The highest BCUT2D eigenvalue weighted by Crippen LogP contribution is 2.27. The minimum Gasteiger partial charge on any atom is -0.490 e. The van der Waals surface area contributed by atoms with Gasteiger partial charge in [0.1, 0.15) is 5.75 Å². The molecule has 2 heteroatoms. The molecule has 0 unspecified atom stereocenters. The van der Waals surface area contributed by atoms with Gasteiger partial charge < -0.3 is 10.1 Å². The molecule has 2 aliphatic carbocycles. The quantitative estimate of drug-likeness (QED) is 0.757. The first-order valence-corrected chi connectivity index (χ1v) is 8.91. The van der Waals surface area contributed by atoms with E-state index in [0.29, 0.717) is 6.10 Å². The summed E-state index contributed by atoms with van der Waals surface area (Å²) in [6.45, 7) is 1.10. The van der Waals surface area contributed by atoms with Gasteiger partial charge in [0, 0.05) is 12.2 Å². The van der Waals surface area contributed by atoms with Gasteiger partial charge in [0.05, 0.1) is 6.10 Å². The van der Waals surface area contributed by atoms with Crippen LogP contribution in [0.15, 0.2) is 24.3 Å². The molecule has 0 spiro atoms. The van der Waals surface area contributed by atoms with Gasteiger partial charge in [0.15, 0.2) is 0 Å². The Labute approximate surface area is 129 Å². The van der Waals surface area contributed by atoms with E-state index in [1.54, 1.807) is 0 Å². The lowest BCUT2D eigenvalue weighted by Gasteiger charge is -2.21. The van der Waals surface area contributed by atoms with Crippen LogP contribution in [0.3, 0.4) is 0 Å². The Morgan fingerprint density at radius 3 is 2.24 bits per heavy atom. The van der Waals surface area contributed by atoms with Crippen LogP contribution in [-0.2, 0) is 0 Å². The van der Waals surface area contributed by atoms with Crippen molar-refractivity contribution in [1.82, 2.24) is 0 Å². The summed E-state index contributed by atoms with van der Waals surface area (Å²) in [6.07, 6.45) is 14.1. The summed E-state index contributed by atoms with van der Waals surface area (Å²) in [5.41, 5.74) is 1.23. The maximum absolute atomic E-state index is 6.00. The standard InChI is InChI=1S/C19H29NO/c1-2-6-16(7-3-1)14-15-20-17-10-12-19(13-11-17)21-18-8-4-5-9-18/h10-13,16,18,20H,1-9,14-15H2. The topological polar surface area (TPSA) is 21.3 Å². The van der Waals surface area contributed by atoms with E-state index in [4.69, 9.17) is 4.74 Å². The van der Waals surface area contributed by atoms with Crippen LogP contribution in [0, 0.1) is 5.92 Å². The summed E-state index contributed by atoms with van der Waals surface area (Å²) in [7, 11) is 0. The van der Waals surface area contributed by atoms with Gasteiger partial charge in [0.2, 0.25) is 0 Å². The van der Waals surface area contributed by atoms with E-state index >= 15 is 0 Å². The fourth-order valence-electron chi connectivity index (χ4n) is 3.75. The molecule has 0 radical (unpaired) electrons. The van der Waals surface area contributed by atoms with Crippen LogP contribution in [0.5, 0.6) is 5.75 Å². The molecule has 3 rings (SSSR count). The predicted molar refractivity (Wildman–Crippen MR) is 89.0 cm³/mol. The van der Waals surface area contributed by atoms with E-state index in [1.807, 2.05) is 0 Å². The zero-order valence-corrected chi connectivity index (χ0v) is 13.2. The van der Waals surface area contributed by atoms with Gasteiger partial charge in [-0.05, 0) is 62.3 Å². The van der Waals surface area contributed by atoms with Crippen molar-refractivity contribution < 1.29 is 4.74 Å². The van der Waals surface area contributed by atoms with Gasteiger partial charge in [0.25, 0.3) is 0 Å². The fraction of sp³-hybridized carbons (Fsp3) is 0.684. The molecule has 2 fully saturated rings. The molecule has 21 heavy (non-hydrogen) atoms. The molecule has 0 bridgehead atoms. The van der Waals surface area contributed by atoms with Crippen molar-refractivity contribution in [3.63, 3.8) is 0 Å². The summed E-state index contributed by atoms with van der Waals surface area (Å²) in [5.74, 6) is 1.98. The second-order valence-electron chi connectivity index (χ2n) is 6.77. The Morgan fingerprint density at radius 1 is 0.857 bits per heavy atom. The normalized spacial score (nSPS) is 20.6. The first-order valence-electron chi connectivity index (χ1n) is 8.91. The van der Waals surface area contributed by atoms with Crippen LogP contribution in [0.25, 0.3) is 0 Å². The third-order valence-electron chi connectivity index (χ3n) is 5.07. The van der Waals surface area contributed by atoms with E-state index in [9.17, 15) is 0 Å². The lowest BCUT2D eigenvalue weighted by molar-refractivity contribution is 0.210. The highest BCUT2D eigenvalue weighted by Gasteiger charge is 2.16. The second-order valence-corrected chi connectivity index (χ2v) is 6.77. The average molecular weight is 287 g/mol. The fourth-order valence-corrected chi connectivity index (χ4v) is 3.75. The first-order chi connectivity index (χ1) is 10.4. The molecule has 1 aromatic carbocycles. The third kappa shape index (κ3) is 4.66. The molecule has 0 heterocycles. The Hall–Kier alpha value is -1.18. The number of ether oxygens (including phenoxy) is 1. The number of anilines is 1. The van der Waals surface area contributed by atoms with Crippen molar-refractivity contribution >= 4 is 5.69 Å². The largest absolute Gasteiger partial charge is 0.490 e. The van der Waals surface area contributed by atoms with Gasteiger partial charge in [-0.2, -0.15) is 0 Å². The summed E-state index contributed by atoms with van der Waals surface area (Å²) in [4.78, 5) is 0. The van der Waals surface area contributed by atoms with Crippen LogP contribution in [0.4, 0.5) is 5.69 Å². The zero-order valence-electron chi connectivity index (χ0n) is 13.2. The molecule has 116 valence electrons. The molecule has 0 aromatic heterocycles. The van der Waals surface area contributed by atoms with Crippen molar-refractivity contribution in [2.75, 3.05) is 11.9 Å². The Balaban J connectivity index is 1.39. The molecule has 0 amide bonds. The van der Waals surface area contributed by atoms with Crippen LogP contribution < -0.4 is 10.1 Å². The third-order valence-corrected chi connectivity index (χ3v) is 5.07. The molecule has 0 aliphatic heterocycles. The van der Waals surface area contributed by atoms with Crippen molar-refractivity contribution in [3.8, 4) is 5.75 Å². The van der Waals surface area contributed by atoms with Gasteiger partial charge in [-0.15, -0.1) is 0 Å². The van der Waals surface area contributed by atoms with Crippen molar-refractivity contribution in [2.45, 2.75) is 70.3 Å². The van der Waals surface area contributed by atoms with E-state index in [0.717, 1.165) is 18.2 Å². The lowest BCUT2D eigenvalue weighted by atomic mass is 9.87. The summed E-state index contributed by atoms with van der Waals surface area (Å²) < 4.78 is 6.00. The van der Waals surface area contributed by atoms with Crippen molar-refractivity contribution in [1.29, 1.82) is 0 Å². The number of benzene rings is 1. The number of rotatable bonds is 6. The molecule has 0 saturated heterocycles. The van der Waals surface area contributed by atoms with Gasteiger partial charge >= 0.3 is 0 Å². The molecule has 2 aliphatic rings. The lowest BCUT2D eigenvalue weighted by Crippen LogP contribution is -2.12. The predicted octanol–water partition coefficient (Wildman–Crippen LogP) is 5.39. The Kier molecular flexibility index (Phi) is 5.42. The zero-order chi connectivity index (χ0) is 14.3.